The van der Waals surface area contributed by atoms with E-state index in [2.05, 4.69) is 4.98 Å². The van der Waals surface area contributed by atoms with Crippen LogP contribution in [0.4, 0.5) is 0 Å². The highest BCUT2D eigenvalue weighted by atomic mass is 32.1. The summed E-state index contributed by atoms with van der Waals surface area (Å²) in [5, 5.41) is 0.806. The molecule has 2 rings (SSSR count). The molecule has 0 N–H and O–H groups in total. The lowest BCUT2D eigenvalue weighted by Gasteiger charge is -2.02. The molecule has 4 nitrogen and oxygen atoms in total. The van der Waals surface area contributed by atoms with Gasteiger partial charge in [-0.15, -0.1) is 11.3 Å². The molecule has 1 aromatic heterocycles. The number of methoxy groups -OCH3 is 1. The van der Waals surface area contributed by atoms with E-state index in [-0.39, 0.29) is 0 Å². The highest BCUT2D eigenvalue weighted by Gasteiger charge is 2.16. The third kappa shape index (κ3) is 2.93. The molecular formula is C14H15NO3S. The fourth-order valence-electron chi connectivity index (χ4n) is 1.67. The van der Waals surface area contributed by atoms with Gasteiger partial charge in [0.2, 0.25) is 0 Å². The Hall–Kier alpha value is -1.88. The molecule has 0 spiro atoms. The molecule has 0 atom stereocenters. The Kier molecular flexibility index (Phi) is 4.16. The minimum Gasteiger partial charge on any atom is -0.494 e. The molecule has 1 aromatic carbocycles. The van der Waals surface area contributed by atoms with Crippen molar-refractivity contribution in [1.82, 2.24) is 4.98 Å². The van der Waals surface area contributed by atoms with E-state index in [4.69, 9.17) is 9.47 Å². The number of ether oxygens (including phenoxy) is 2. The summed E-state index contributed by atoms with van der Waals surface area (Å²) < 4.78 is 10.1. The second kappa shape index (κ2) is 5.84. The molecule has 0 amide bonds. The monoisotopic (exact) mass is 277 g/mol. The predicted octanol–water partition coefficient (Wildman–Crippen LogP) is 3.30. The third-order valence-electron chi connectivity index (χ3n) is 2.59. The van der Waals surface area contributed by atoms with E-state index in [0.29, 0.717) is 12.3 Å². The minimum absolute atomic E-state index is 0.386. The quantitative estimate of drug-likeness (QED) is 0.804. The van der Waals surface area contributed by atoms with Crippen LogP contribution in [-0.2, 0) is 4.74 Å². The van der Waals surface area contributed by atoms with Crippen LogP contribution in [0.3, 0.4) is 0 Å². The maximum absolute atomic E-state index is 11.5. The van der Waals surface area contributed by atoms with Crippen LogP contribution in [0.1, 0.15) is 22.3 Å². The predicted molar refractivity (Wildman–Crippen MR) is 74.8 cm³/mol. The van der Waals surface area contributed by atoms with E-state index in [1.807, 2.05) is 38.1 Å². The van der Waals surface area contributed by atoms with E-state index in [0.717, 1.165) is 21.2 Å². The van der Waals surface area contributed by atoms with E-state index in [1.54, 1.807) is 0 Å². The van der Waals surface area contributed by atoms with Crippen molar-refractivity contribution in [3.05, 3.63) is 34.8 Å². The topological polar surface area (TPSA) is 48.4 Å². The van der Waals surface area contributed by atoms with E-state index < -0.39 is 5.97 Å². The van der Waals surface area contributed by atoms with E-state index in [9.17, 15) is 4.79 Å². The number of rotatable bonds is 4. The molecule has 100 valence electrons. The van der Waals surface area contributed by atoms with Gasteiger partial charge in [0.15, 0.2) is 5.69 Å². The van der Waals surface area contributed by atoms with Crippen molar-refractivity contribution < 1.29 is 14.3 Å². The first-order chi connectivity index (χ1) is 9.15. The van der Waals surface area contributed by atoms with Crippen molar-refractivity contribution in [2.24, 2.45) is 0 Å². The Bertz CT molecular complexity index is 575. The maximum atomic E-state index is 11.5. The molecule has 0 aliphatic carbocycles. The number of thiazole rings is 1. The summed E-state index contributed by atoms with van der Waals surface area (Å²) in [6, 6.07) is 7.66. The molecule has 1 heterocycles. The fourth-order valence-corrected chi connectivity index (χ4v) is 2.57. The Morgan fingerprint density at radius 1 is 1.32 bits per heavy atom. The molecule has 0 fully saturated rings. The number of aryl methyl sites for hydroxylation is 1. The van der Waals surface area contributed by atoms with Crippen LogP contribution in [-0.4, -0.2) is 24.7 Å². The van der Waals surface area contributed by atoms with Crippen LogP contribution in [0.5, 0.6) is 5.75 Å². The van der Waals surface area contributed by atoms with Crippen molar-refractivity contribution in [2.75, 3.05) is 13.7 Å². The zero-order chi connectivity index (χ0) is 13.8. The van der Waals surface area contributed by atoms with E-state index >= 15 is 0 Å². The Labute approximate surface area is 116 Å². The van der Waals surface area contributed by atoms with Gasteiger partial charge in [-0.2, -0.15) is 0 Å². The molecule has 5 heteroatoms. The lowest BCUT2D eigenvalue weighted by Crippen LogP contribution is -2.03. The zero-order valence-electron chi connectivity index (χ0n) is 11.1. The average Bonchev–Trinajstić information content (AvgIpc) is 2.81. The van der Waals surface area contributed by atoms with Crippen LogP contribution < -0.4 is 4.74 Å². The average molecular weight is 277 g/mol. The number of hydrogen-bond acceptors (Lipinski definition) is 5. The fraction of sp³-hybridized carbons (Fsp3) is 0.286. The second-order valence-corrected chi connectivity index (χ2v) is 5.08. The molecule has 2 aromatic rings. The number of aromatic nitrogens is 1. The Balaban J connectivity index is 2.29. The molecular weight excluding hydrogens is 262 g/mol. The SMILES string of the molecule is CCOc1ccc(-c2nc(C(=O)OC)c(C)s2)cc1. The van der Waals surface area contributed by atoms with Crippen molar-refractivity contribution in [3.8, 4) is 16.3 Å². The normalized spacial score (nSPS) is 10.3. The lowest BCUT2D eigenvalue weighted by molar-refractivity contribution is 0.0594. The summed E-state index contributed by atoms with van der Waals surface area (Å²) >= 11 is 1.48. The van der Waals surface area contributed by atoms with Gasteiger partial charge in [0.05, 0.1) is 13.7 Å². The van der Waals surface area contributed by atoms with Crippen LogP contribution in [0.2, 0.25) is 0 Å². The van der Waals surface area contributed by atoms with Crippen molar-refractivity contribution in [1.29, 1.82) is 0 Å². The van der Waals surface area contributed by atoms with Crippen molar-refractivity contribution in [2.45, 2.75) is 13.8 Å². The van der Waals surface area contributed by atoms with Gasteiger partial charge in [-0.05, 0) is 38.1 Å². The van der Waals surface area contributed by atoms with Gasteiger partial charge >= 0.3 is 5.97 Å². The molecule has 0 unspecified atom stereocenters. The van der Waals surface area contributed by atoms with Crippen molar-refractivity contribution in [3.63, 3.8) is 0 Å². The number of hydrogen-bond donors (Lipinski definition) is 0. The molecule has 0 saturated heterocycles. The van der Waals surface area contributed by atoms with Gasteiger partial charge in [0, 0.05) is 10.4 Å². The number of benzene rings is 1. The smallest absolute Gasteiger partial charge is 0.357 e. The molecule has 19 heavy (non-hydrogen) atoms. The molecule has 0 aliphatic heterocycles. The summed E-state index contributed by atoms with van der Waals surface area (Å²) in [5.41, 5.74) is 1.35. The third-order valence-corrected chi connectivity index (χ3v) is 3.61. The van der Waals surface area contributed by atoms with Crippen LogP contribution in [0, 0.1) is 6.92 Å². The number of nitrogens with zero attached hydrogens (tertiary/aromatic N) is 1. The minimum atomic E-state index is -0.397. The van der Waals surface area contributed by atoms with Gasteiger partial charge < -0.3 is 9.47 Å². The lowest BCUT2D eigenvalue weighted by atomic mass is 10.2. The maximum Gasteiger partial charge on any atom is 0.357 e. The first kappa shape index (κ1) is 13.5. The van der Waals surface area contributed by atoms with Gasteiger partial charge in [0.1, 0.15) is 10.8 Å². The number of esters is 1. The molecule has 0 saturated carbocycles. The van der Waals surface area contributed by atoms with Gasteiger partial charge in [-0.25, -0.2) is 9.78 Å². The van der Waals surface area contributed by atoms with Crippen LogP contribution >= 0.6 is 11.3 Å². The van der Waals surface area contributed by atoms with Crippen LogP contribution in [0.25, 0.3) is 10.6 Å². The zero-order valence-corrected chi connectivity index (χ0v) is 11.9. The summed E-state index contributed by atoms with van der Waals surface area (Å²) in [5.74, 6) is 0.429. The highest BCUT2D eigenvalue weighted by molar-refractivity contribution is 7.15. The molecule has 0 aliphatic rings. The molecule has 0 bridgehead atoms. The van der Waals surface area contributed by atoms with E-state index in [1.165, 1.54) is 18.4 Å². The Morgan fingerprint density at radius 3 is 2.58 bits per heavy atom. The second-order valence-electron chi connectivity index (χ2n) is 3.87. The van der Waals surface area contributed by atoms with Gasteiger partial charge in [0.25, 0.3) is 0 Å². The summed E-state index contributed by atoms with van der Waals surface area (Å²) in [6.07, 6.45) is 0. The summed E-state index contributed by atoms with van der Waals surface area (Å²) in [6.45, 7) is 4.45. The highest BCUT2D eigenvalue weighted by Crippen LogP contribution is 2.29. The van der Waals surface area contributed by atoms with Gasteiger partial charge in [-0.1, -0.05) is 0 Å². The molecule has 0 radical (unpaired) electrons. The standard InChI is InChI=1S/C14H15NO3S/c1-4-18-11-7-5-10(6-8-11)13-15-12(9(2)19-13)14(16)17-3/h5-8H,4H2,1-3H3. The van der Waals surface area contributed by atoms with Gasteiger partial charge in [-0.3, -0.25) is 0 Å². The number of carbonyl (C=O) groups is 1. The summed E-state index contributed by atoms with van der Waals surface area (Å²) in [7, 11) is 1.36. The first-order valence-electron chi connectivity index (χ1n) is 5.94. The first-order valence-corrected chi connectivity index (χ1v) is 6.76. The van der Waals surface area contributed by atoms with Crippen molar-refractivity contribution >= 4 is 17.3 Å². The van der Waals surface area contributed by atoms with Crippen LogP contribution in [0.15, 0.2) is 24.3 Å². The largest absolute Gasteiger partial charge is 0.494 e. The number of carbonyl (C=O) groups excluding carboxylic acids is 1. The Morgan fingerprint density at radius 2 is 2.00 bits per heavy atom. The summed E-state index contributed by atoms with van der Waals surface area (Å²) in [4.78, 5) is 16.7.